The molecule has 0 aromatic heterocycles. The molecule has 0 amide bonds. The number of rotatable bonds is 6. The number of thiol groups is 1. The lowest BCUT2D eigenvalue weighted by molar-refractivity contribution is 0.196. The Bertz CT molecular complexity index is 89.6. The molecule has 1 N–H and O–H groups in total. The van der Waals surface area contributed by atoms with E-state index in [4.69, 9.17) is 14.0 Å². The van der Waals surface area contributed by atoms with Crippen LogP contribution in [0.1, 0.15) is 6.42 Å². The largest absolute Gasteiger partial charge is 0.396 e. The normalized spacial score (nSPS) is 12.0. The van der Waals surface area contributed by atoms with Gasteiger partial charge in [0.15, 0.2) is 0 Å². The van der Waals surface area contributed by atoms with E-state index < -0.39 is 8.56 Å². The molecule has 0 saturated heterocycles. The lowest BCUT2D eigenvalue weighted by Crippen LogP contribution is -2.44. The van der Waals surface area contributed by atoms with E-state index in [9.17, 15) is 0 Å². The van der Waals surface area contributed by atoms with Gasteiger partial charge in [0.2, 0.25) is 0 Å². The minimum Gasteiger partial charge on any atom is -0.396 e. The summed E-state index contributed by atoms with van der Waals surface area (Å²) in [5.74, 6) is 0.807. The van der Waals surface area contributed by atoms with Crippen molar-refractivity contribution in [2.45, 2.75) is 12.5 Å². The van der Waals surface area contributed by atoms with Gasteiger partial charge < -0.3 is 14.0 Å². The van der Waals surface area contributed by atoms with Crippen LogP contribution in [0.3, 0.4) is 0 Å². The number of hydrogen-bond donors (Lipinski definition) is 2. The molecular weight excluding hydrogens is 180 g/mol. The van der Waals surface area contributed by atoms with Crippen molar-refractivity contribution < 1.29 is 14.0 Å². The van der Waals surface area contributed by atoms with Crippen LogP contribution in [-0.4, -0.2) is 39.9 Å². The van der Waals surface area contributed by atoms with Gasteiger partial charge in [-0.25, -0.2) is 0 Å². The molecule has 68 valence electrons. The van der Waals surface area contributed by atoms with E-state index >= 15 is 0 Å². The zero-order valence-electron chi connectivity index (χ0n) is 7.04. The van der Waals surface area contributed by atoms with Gasteiger partial charge in [-0.3, -0.25) is 0 Å². The predicted molar refractivity (Wildman–Crippen MR) is 50.1 cm³/mol. The maximum atomic E-state index is 8.99. The molecule has 0 heterocycles. The number of aliphatic hydroxyl groups excluding tert-OH is 1. The highest BCUT2D eigenvalue weighted by molar-refractivity contribution is 7.80. The Morgan fingerprint density at radius 2 is 1.91 bits per heavy atom. The Balaban J connectivity index is 3.84. The molecule has 5 heteroatoms. The molecule has 0 aliphatic heterocycles. The molecule has 0 radical (unpaired) electrons. The third-order valence-electron chi connectivity index (χ3n) is 1.70. The van der Waals surface area contributed by atoms with Crippen molar-refractivity contribution >= 4 is 21.2 Å². The Kier molecular flexibility index (Phi) is 6.26. The highest BCUT2D eigenvalue weighted by atomic mass is 32.1. The van der Waals surface area contributed by atoms with Gasteiger partial charge in [-0.1, -0.05) is 0 Å². The molecule has 0 spiro atoms. The van der Waals surface area contributed by atoms with Crippen LogP contribution < -0.4 is 0 Å². The van der Waals surface area contributed by atoms with E-state index in [2.05, 4.69) is 12.6 Å². The van der Waals surface area contributed by atoms with Gasteiger partial charge in [0, 0.05) is 14.2 Å². The number of hydrogen-bond acceptors (Lipinski definition) is 4. The highest BCUT2D eigenvalue weighted by Gasteiger charge is 2.33. The van der Waals surface area contributed by atoms with Gasteiger partial charge in [-0.2, -0.15) is 12.6 Å². The smallest absolute Gasteiger partial charge is 0.364 e. The summed E-state index contributed by atoms with van der Waals surface area (Å²) in [5, 5.41) is 8.99. The second-order valence-electron chi connectivity index (χ2n) is 2.30. The van der Waals surface area contributed by atoms with Crippen molar-refractivity contribution in [3.8, 4) is 0 Å². The lowest BCUT2D eigenvalue weighted by Gasteiger charge is -2.24. The molecule has 0 aromatic carbocycles. The number of aliphatic hydroxyl groups is 1. The van der Waals surface area contributed by atoms with Crippen LogP contribution in [-0.2, 0) is 8.85 Å². The van der Waals surface area contributed by atoms with E-state index in [1.807, 2.05) is 0 Å². The molecular formula is C6H16O3SSi. The molecule has 0 atom stereocenters. The summed E-state index contributed by atoms with van der Waals surface area (Å²) in [6.07, 6.45) is 0.950. The average Bonchev–Trinajstić information content (AvgIpc) is 2.08. The second kappa shape index (κ2) is 6.02. The zero-order valence-corrected chi connectivity index (χ0v) is 8.93. The third kappa shape index (κ3) is 3.57. The topological polar surface area (TPSA) is 38.7 Å². The first-order valence-corrected chi connectivity index (χ1v) is 6.43. The van der Waals surface area contributed by atoms with Crippen LogP contribution in [0.4, 0.5) is 0 Å². The quantitative estimate of drug-likeness (QED) is 0.482. The van der Waals surface area contributed by atoms with E-state index in [1.54, 1.807) is 14.2 Å². The Labute approximate surface area is 74.4 Å². The first-order valence-electron chi connectivity index (χ1n) is 3.56. The summed E-state index contributed by atoms with van der Waals surface area (Å²) in [6, 6.07) is 0.806. The van der Waals surface area contributed by atoms with Crippen molar-refractivity contribution in [2.75, 3.05) is 26.2 Å². The van der Waals surface area contributed by atoms with E-state index in [1.165, 1.54) is 0 Å². The molecule has 3 nitrogen and oxygen atoms in total. The van der Waals surface area contributed by atoms with Gasteiger partial charge in [0.1, 0.15) is 0 Å². The minimum absolute atomic E-state index is 0.0216. The van der Waals surface area contributed by atoms with Crippen LogP contribution in [0.5, 0.6) is 0 Å². The Hall–Kier alpha value is 0.447. The van der Waals surface area contributed by atoms with Crippen molar-refractivity contribution in [1.29, 1.82) is 0 Å². The second-order valence-corrected chi connectivity index (χ2v) is 6.21. The van der Waals surface area contributed by atoms with Crippen LogP contribution in [0, 0.1) is 0 Å². The van der Waals surface area contributed by atoms with Gasteiger partial charge in [0.25, 0.3) is 0 Å². The van der Waals surface area contributed by atoms with Crippen LogP contribution in [0.25, 0.3) is 0 Å². The Morgan fingerprint density at radius 3 is 2.18 bits per heavy atom. The molecule has 0 aliphatic rings. The van der Waals surface area contributed by atoms with E-state index in [0.29, 0.717) is 0 Å². The maximum absolute atomic E-state index is 8.99. The van der Waals surface area contributed by atoms with Crippen molar-refractivity contribution in [3.05, 3.63) is 0 Å². The fourth-order valence-electron chi connectivity index (χ4n) is 0.844. The molecule has 11 heavy (non-hydrogen) atoms. The lowest BCUT2D eigenvalue weighted by atomic mass is 10.6. The van der Waals surface area contributed by atoms with Crippen LogP contribution in [0.15, 0.2) is 0 Å². The molecule has 0 saturated carbocycles. The standard InChI is InChI=1S/C6H16O3SSi/c1-8-11(6-7,9-2)5-3-4-10/h7,10H,3-6H2,1-2H3. The predicted octanol–water partition coefficient (Wildman–Crippen LogP) is 0.573. The summed E-state index contributed by atoms with van der Waals surface area (Å²) < 4.78 is 10.3. The van der Waals surface area contributed by atoms with Gasteiger partial charge in [-0.05, 0) is 18.2 Å². The average molecular weight is 196 g/mol. The summed E-state index contributed by atoms with van der Waals surface area (Å²) in [4.78, 5) is 0. The molecule has 0 bridgehead atoms. The highest BCUT2D eigenvalue weighted by Crippen LogP contribution is 2.13. The minimum atomic E-state index is -2.23. The molecule has 0 rings (SSSR count). The van der Waals surface area contributed by atoms with Crippen molar-refractivity contribution in [3.63, 3.8) is 0 Å². The van der Waals surface area contributed by atoms with Gasteiger partial charge >= 0.3 is 8.56 Å². The first-order chi connectivity index (χ1) is 5.24. The summed E-state index contributed by atoms with van der Waals surface area (Å²) >= 11 is 4.08. The van der Waals surface area contributed by atoms with E-state index in [-0.39, 0.29) is 6.23 Å². The summed E-state index contributed by atoms with van der Waals surface area (Å²) in [7, 11) is 0.944. The van der Waals surface area contributed by atoms with Gasteiger partial charge in [-0.15, -0.1) is 0 Å². The van der Waals surface area contributed by atoms with Crippen LogP contribution in [0.2, 0.25) is 6.04 Å². The maximum Gasteiger partial charge on any atom is 0.364 e. The Morgan fingerprint density at radius 1 is 1.36 bits per heavy atom. The van der Waals surface area contributed by atoms with Crippen molar-refractivity contribution in [2.24, 2.45) is 0 Å². The first kappa shape index (κ1) is 11.4. The molecule has 0 aliphatic carbocycles. The van der Waals surface area contributed by atoms with Crippen LogP contribution >= 0.6 is 12.6 Å². The monoisotopic (exact) mass is 196 g/mol. The van der Waals surface area contributed by atoms with Crippen molar-refractivity contribution in [1.82, 2.24) is 0 Å². The third-order valence-corrected chi connectivity index (χ3v) is 5.10. The van der Waals surface area contributed by atoms with E-state index in [0.717, 1.165) is 18.2 Å². The summed E-state index contributed by atoms with van der Waals surface area (Å²) in [6.45, 7) is 0. The SMILES string of the molecule is CO[Si](CO)(CCCS)OC. The zero-order chi connectivity index (χ0) is 8.74. The fraction of sp³-hybridized carbons (Fsp3) is 1.00. The molecule has 0 unspecified atom stereocenters. The van der Waals surface area contributed by atoms with Gasteiger partial charge in [0.05, 0.1) is 6.23 Å². The molecule has 0 fully saturated rings. The molecule has 0 aromatic rings. The fourth-order valence-corrected chi connectivity index (χ4v) is 3.01. The summed E-state index contributed by atoms with van der Waals surface area (Å²) in [5.41, 5.74) is 0.